The number of nitrogen functional groups attached to an aromatic ring is 1. The number of thiazole rings is 1. The van der Waals surface area contributed by atoms with Crippen LogP contribution in [0, 0.1) is 5.92 Å². The standard InChI is InChI=1S/C14H15N3S2/c1-8-4-5-9-11(7-8)19-14-16-12(13(15)17(9)14)10-3-2-6-18-10/h2-3,6,8H,4-5,7,15H2,1H3. The van der Waals surface area contributed by atoms with Crippen molar-refractivity contribution in [3.8, 4) is 10.6 Å². The lowest BCUT2D eigenvalue weighted by molar-refractivity contribution is 0.499. The molecule has 0 saturated heterocycles. The van der Waals surface area contributed by atoms with Crippen molar-refractivity contribution in [3.63, 3.8) is 0 Å². The van der Waals surface area contributed by atoms with Crippen LogP contribution in [0.2, 0.25) is 0 Å². The highest BCUT2D eigenvalue weighted by molar-refractivity contribution is 7.17. The molecule has 5 heteroatoms. The Bertz CT molecular complexity index is 737. The third-order valence-corrected chi connectivity index (χ3v) is 5.83. The van der Waals surface area contributed by atoms with E-state index in [2.05, 4.69) is 22.8 Å². The van der Waals surface area contributed by atoms with Crippen molar-refractivity contribution in [2.75, 3.05) is 5.73 Å². The zero-order valence-electron chi connectivity index (χ0n) is 10.7. The van der Waals surface area contributed by atoms with Crippen molar-refractivity contribution in [1.29, 1.82) is 0 Å². The maximum Gasteiger partial charge on any atom is 0.196 e. The van der Waals surface area contributed by atoms with Crippen molar-refractivity contribution in [1.82, 2.24) is 9.38 Å². The van der Waals surface area contributed by atoms with E-state index in [9.17, 15) is 0 Å². The summed E-state index contributed by atoms with van der Waals surface area (Å²) >= 11 is 3.51. The number of nitrogens with two attached hydrogens (primary N) is 1. The zero-order chi connectivity index (χ0) is 13.0. The fourth-order valence-corrected chi connectivity index (χ4v) is 4.90. The Morgan fingerprint density at radius 2 is 2.37 bits per heavy atom. The molecule has 0 saturated carbocycles. The molecule has 3 aromatic heterocycles. The second kappa shape index (κ2) is 4.08. The Kier molecular flexibility index (Phi) is 2.47. The van der Waals surface area contributed by atoms with Crippen LogP contribution in [-0.2, 0) is 12.8 Å². The highest BCUT2D eigenvalue weighted by atomic mass is 32.1. The lowest BCUT2D eigenvalue weighted by Crippen LogP contribution is -2.11. The van der Waals surface area contributed by atoms with Crippen molar-refractivity contribution >= 4 is 33.5 Å². The van der Waals surface area contributed by atoms with Gasteiger partial charge in [-0.2, -0.15) is 0 Å². The van der Waals surface area contributed by atoms with Gasteiger partial charge in [0, 0.05) is 10.6 Å². The van der Waals surface area contributed by atoms with Gasteiger partial charge in [-0.1, -0.05) is 13.0 Å². The fourth-order valence-electron chi connectivity index (χ4n) is 2.84. The van der Waals surface area contributed by atoms with Gasteiger partial charge in [0.1, 0.15) is 11.5 Å². The Labute approximate surface area is 119 Å². The Morgan fingerprint density at radius 3 is 3.16 bits per heavy atom. The van der Waals surface area contributed by atoms with E-state index in [1.807, 2.05) is 17.4 Å². The Balaban J connectivity index is 1.93. The summed E-state index contributed by atoms with van der Waals surface area (Å²) in [5, 5.41) is 2.07. The van der Waals surface area contributed by atoms with Crippen LogP contribution in [0.1, 0.15) is 23.9 Å². The number of nitrogens with zero attached hydrogens (tertiary/aromatic N) is 2. The van der Waals surface area contributed by atoms with Gasteiger partial charge in [0.2, 0.25) is 0 Å². The van der Waals surface area contributed by atoms with Gasteiger partial charge in [-0.15, -0.1) is 22.7 Å². The second-order valence-corrected chi connectivity index (χ2v) is 7.27. The van der Waals surface area contributed by atoms with E-state index in [1.54, 1.807) is 11.3 Å². The number of aromatic nitrogens is 2. The van der Waals surface area contributed by atoms with Gasteiger partial charge in [0.15, 0.2) is 4.96 Å². The minimum Gasteiger partial charge on any atom is -0.383 e. The molecule has 1 aliphatic rings. The number of imidazole rings is 1. The van der Waals surface area contributed by atoms with E-state index in [0.29, 0.717) is 0 Å². The molecule has 0 spiro atoms. The molecule has 1 aliphatic carbocycles. The molecule has 0 fully saturated rings. The van der Waals surface area contributed by atoms with Gasteiger partial charge in [-0.25, -0.2) is 4.98 Å². The van der Waals surface area contributed by atoms with Crippen molar-refractivity contribution in [2.45, 2.75) is 26.2 Å². The summed E-state index contributed by atoms with van der Waals surface area (Å²) in [6.07, 6.45) is 3.56. The summed E-state index contributed by atoms with van der Waals surface area (Å²) in [4.78, 5) is 8.44. The first-order chi connectivity index (χ1) is 9.24. The maximum atomic E-state index is 6.35. The molecular formula is C14H15N3S2. The SMILES string of the molecule is CC1CCc2c(sc3nc(-c4cccs4)c(N)n23)C1. The number of anilines is 1. The summed E-state index contributed by atoms with van der Waals surface area (Å²) in [6.45, 7) is 2.33. The summed E-state index contributed by atoms with van der Waals surface area (Å²) < 4.78 is 2.18. The minimum absolute atomic E-state index is 0.786. The molecule has 0 aliphatic heterocycles. The van der Waals surface area contributed by atoms with Crippen molar-refractivity contribution in [3.05, 3.63) is 28.1 Å². The molecule has 3 nitrogen and oxygen atoms in total. The summed E-state index contributed by atoms with van der Waals surface area (Å²) in [7, 11) is 0. The first kappa shape index (κ1) is 11.5. The molecule has 98 valence electrons. The minimum atomic E-state index is 0.786. The van der Waals surface area contributed by atoms with Crippen LogP contribution >= 0.6 is 22.7 Å². The number of rotatable bonds is 1. The van der Waals surface area contributed by atoms with Crippen LogP contribution in [0.5, 0.6) is 0 Å². The summed E-state index contributed by atoms with van der Waals surface area (Å²) in [5.41, 5.74) is 8.69. The molecule has 2 N–H and O–H groups in total. The van der Waals surface area contributed by atoms with Gasteiger partial charge in [-0.05, 0) is 36.6 Å². The van der Waals surface area contributed by atoms with E-state index >= 15 is 0 Å². The van der Waals surface area contributed by atoms with E-state index in [0.717, 1.165) is 33.7 Å². The van der Waals surface area contributed by atoms with Crippen molar-refractivity contribution < 1.29 is 0 Å². The topological polar surface area (TPSA) is 43.3 Å². The molecule has 0 bridgehead atoms. The van der Waals surface area contributed by atoms with Crippen molar-refractivity contribution in [2.24, 2.45) is 5.92 Å². The molecular weight excluding hydrogens is 274 g/mol. The van der Waals surface area contributed by atoms with Crippen LogP contribution in [0.15, 0.2) is 17.5 Å². The van der Waals surface area contributed by atoms with Crippen LogP contribution in [-0.4, -0.2) is 9.38 Å². The average Bonchev–Trinajstić information content (AvgIpc) is 3.05. The van der Waals surface area contributed by atoms with Crippen LogP contribution in [0.25, 0.3) is 15.5 Å². The first-order valence-electron chi connectivity index (χ1n) is 6.56. The molecule has 3 aromatic rings. The van der Waals surface area contributed by atoms with Crippen LogP contribution < -0.4 is 5.73 Å². The molecule has 0 amide bonds. The molecule has 19 heavy (non-hydrogen) atoms. The van der Waals surface area contributed by atoms with Gasteiger partial charge in [0.05, 0.1) is 4.88 Å². The maximum absolute atomic E-state index is 6.35. The zero-order valence-corrected chi connectivity index (χ0v) is 12.4. The highest BCUT2D eigenvalue weighted by Crippen LogP contribution is 2.38. The monoisotopic (exact) mass is 289 g/mol. The van der Waals surface area contributed by atoms with Crippen LogP contribution in [0.4, 0.5) is 5.82 Å². The lowest BCUT2D eigenvalue weighted by atomic mass is 9.93. The third-order valence-electron chi connectivity index (χ3n) is 3.85. The smallest absolute Gasteiger partial charge is 0.196 e. The number of thiophene rings is 1. The van der Waals surface area contributed by atoms with E-state index in [-0.39, 0.29) is 0 Å². The highest BCUT2D eigenvalue weighted by Gasteiger charge is 2.24. The quantitative estimate of drug-likeness (QED) is 0.740. The summed E-state index contributed by atoms with van der Waals surface area (Å²) in [6, 6.07) is 4.13. The van der Waals surface area contributed by atoms with E-state index in [4.69, 9.17) is 10.7 Å². The van der Waals surface area contributed by atoms with E-state index in [1.165, 1.54) is 23.4 Å². The third kappa shape index (κ3) is 1.65. The first-order valence-corrected chi connectivity index (χ1v) is 8.26. The van der Waals surface area contributed by atoms with Crippen LogP contribution in [0.3, 0.4) is 0 Å². The molecule has 4 rings (SSSR count). The number of hydrogen-bond donors (Lipinski definition) is 1. The number of hydrogen-bond acceptors (Lipinski definition) is 4. The van der Waals surface area contributed by atoms with Gasteiger partial charge in [-0.3, -0.25) is 4.40 Å². The molecule has 3 heterocycles. The lowest BCUT2D eigenvalue weighted by Gasteiger charge is -2.17. The molecule has 1 unspecified atom stereocenters. The fraction of sp³-hybridized carbons (Fsp3) is 0.357. The largest absolute Gasteiger partial charge is 0.383 e. The second-order valence-electron chi connectivity index (χ2n) is 5.26. The predicted octanol–water partition coefficient (Wildman–Crippen LogP) is 3.83. The molecule has 1 atom stereocenters. The van der Waals surface area contributed by atoms with Gasteiger partial charge in [0.25, 0.3) is 0 Å². The Hall–Kier alpha value is -1.33. The van der Waals surface area contributed by atoms with E-state index < -0.39 is 0 Å². The van der Waals surface area contributed by atoms with Gasteiger partial charge < -0.3 is 5.73 Å². The number of aryl methyl sites for hydroxylation is 1. The number of fused-ring (bicyclic) bond motifs is 3. The molecule has 0 radical (unpaired) electrons. The predicted molar refractivity (Wildman–Crippen MR) is 82.0 cm³/mol. The van der Waals surface area contributed by atoms with Gasteiger partial charge >= 0.3 is 0 Å². The Morgan fingerprint density at radius 1 is 1.47 bits per heavy atom. The normalized spacial score (nSPS) is 18.9. The average molecular weight is 289 g/mol. The molecule has 0 aromatic carbocycles. The summed E-state index contributed by atoms with van der Waals surface area (Å²) in [5.74, 6) is 1.60.